The zero-order valence-electron chi connectivity index (χ0n) is 14.2. The second-order valence-electron chi connectivity index (χ2n) is 5.20. The first-order valence-corrected chi connectivity index (χ1v) is 7.73. The molecule has 1 aromatic carbocycles. The van der Waals surface area contributed by atoms with Crippen molar-refractivity contribution in [3.05, 3.63) is 42.2 Å². The number of methoxy groups -OCH3 is 1. The SMILES string of the molecule is COC(=O)CCNC(=O)COc1ccc(-c2ncc(C(=N)N)cn2)cc1. The van der Waals surface area contributed by atoms with Crippen LogP contribution in [-0.4, -0.2) is 47.9 Å². The van der Waals surface area contributed by atoms with Gasteiger partial charge in [-0.05, 0) is 24.3 Å². The molecule has 1 amide bonds. The summed E-state index contributed by atoms with van der Waals surface area (Å²) in [5.41, 5.74) is 6.57. The number of carbonyl (C=O) groups excluding carboxylic acids is 2. The van der Waals surface area contributed by atoms with Crippen LogP contribution in [0.2, 0.25) is 0 Å². The number of esters is 1. The summed E-state index contributed by atoms with van der Waals surface area (Å²) in [6, 6.07) is 6.90. The van der Waals surface area contributed by atoms with Crippen LogP contribution in [0.5, 0.6) is 5.75 Å². The molecule has 0 unspecified atom stereocenters. The third-order valence-electron chi connectivity index (χ3n) is 3.32. The van der Waals surface area contributed by atoms with Crippen molar-refractivity contribution in [3.63, 3.8) is 0 Å². The van der Waals surface area contributed by atoms with Crippen LogP contribution in [0.15, 0.2) is 36.7 Å². The molecule has 0 atom stereocenters. The molecule has 0 aliphatic carbocycles. The average Bonchev–Trinajstić information content (AvgIpc) is 2.66. The number of amidine groups is 1. The minimum Gasteiger partial charge on any atom is -0.484 e. The molecule has 1 heterocycles. The zero-order valence-corrected chi connectivity index (χ0v) is 14.2. The lowest BCUT2D eigenvalue weighted by atomic mass is 10.2. The van der Waals surface area contributed by atoms with Crippen LogP contribution < -0.4 is 15.8 Å². The highest BCUT2D eigenvalue weighted by atomic mass is 16.5. The van der Waals surface area contributed by atoms with Gasteiger partial charge in [0.1, 0.15) is 11.6 Å². The van der Waals surface area contributed by atoms with E-state index in [0.29, 0.717) is 17.1 Å². The van der Waals surface area contributed by atoms with Crippen LogP contribution in [-0.2, 0) is 14.3 Å². The highest BCUT2D eigenvalue weighted by Crippen LogP contribution is 2.19. The first-order chi connectivity index (χ1) is 12.5. The normalized spacial score (nSPS) is 10.0. The first-order valence-electron chi connectivity index (χ1n) is 7.73. The number of hydrogen-bond acceptors (Lipinski definition) is 7. The summed E-state index contributed by atoms with van der Waals surface area (Å²) in [7, 11) is 1.29. The Morgan fingerprint density at radius 1 is 1.19 bits per heavy atom. The molecule has 4 N–H and O–H groups in total. The van der Waals surface area contributed by atoms with Crippen molar-refractivity contribution in [2.24, 2.45) is 5.73 Å². The van der Waals surface area contributed by atoms with Crippen LogP contribution in [0, 0.1) is 5.41 Å². The van der Waals surface area contributed by atoms with Gasteiger partial charge in [-0.3, -0.25) is 15.0 Å². The standard InChI is InChI=1S/C17H19N5O4/c1-25-15(24)6-7-20-14(23)10-26-13-4-2-11(3-5-13)17-21-8-12(9-22-17)16(18)19/h2-5,8-9H,6-7,10H2,1H3,(H3,18,19)(H,20,23). The number of amides is 1. The first kappa shape index (κ1) is 18.8. The molecule has 136 valence electrons. The molecule has 2 rings (SSSR count). The van der Waals surface area contributed by atoms with Crippen molar-refractivity contribution >= 4 is 17.7 Å². The number of nitrogens with one attached hydrogen (secondary N) is 2. The van der Waals surface area contributed by atoms with Gasteiger partial charge < -0.3 is 20.5 Å². The summed E-state index contributed by atoms with van der Waals surface area (Å²) in [5.74, 6) is 0.186. The Labute approximate surface area is 150 Å². The highest BCUT2D eigenvalue weighted by molar-refractivity contribution is 5.94. The summed E-state index contributed by atoms with van der Waals surface area (Å²) in [5, 5.41) is 9.88. The maximum Gasteiger partial charge on any atom is 0.307 e. The largest absolute Gasteiger partial charge is 0.484 e. The highest BCUT2D eigenvalue weighted by Gasteiger charge is 2.06. The maximum absolute atomic E-state index is 11.6. The molecule has 0 saturated heterocycles. The van der Waals surface area contributed by atoms with Crippen molar-refractivity contribution in [3.8, 4) is 17.1 Å². The van der Waals surface area contributed by atoms with Crippen molar-refractivity contribution < 1.29 is 19.1 Å². The summed E-state index contributed by atoms with van der Waals surface area (Å²) >= 11 is 0. The molecule has 0 spiro atoms. The minimum absolute atomic E-state index is 0.0924. The van der Waals surface area contributed by atoms with Gasteiger partial charge in [0.05, 0.1) is 19.1 Å². The van der Waals surface area contributed by atoms with E-state index >= 15 is 0 Å². The number of carbonyl (C=O) groups is 2. The van der Waals surface area contributed by atoms with Crippen LogP contribution in [0.1, 0.15) is 12.0 Å². The van der Waals surface area contributed by atoms with E-state index in [1.165, 1.54) is 19.5 Å². The Morgan fingerprint density at radius 2 is 1.85 bits per heavy atom. The van der Waals surface area contributed by atoms with Gasteiger partial charge in [-0.2, -0.15) is 0 Å². The third-order valence-corrected chi connectivity index (χ3v) is 3.32. The van der Waals surface area contributed by atoms with Gasteiger partial charge >= 0.3 is 5.97 Å². The fourth-order valence-electron chi connectivity index (χ4n) is 1.92. The van der Waals surface area contributed by atoms with E-state index in [1.54, 1.807) is 24.3 Å². The molecule has 0 fully saturated rings. The number of nitrogens with two attached hydrogens (primary N) is 1. The molecule has 9 heteroatoms. The zero-order chi connectivity index (χ0) is 18.9. The average molecular weight is 357 g/mol. The number of benzene rings is 1. The van der Waals surface area contributed by atoms with Crippen LogP contribution >= 0.6 is 0 Å². The van der Waals surface area contributed by atoms with Gasteiger partial charge in [-0.1, -0.05) is 0 Å². The van der Waals surface area contributed by atoms with Crippen molar-refractivity contribution in [1.29, 1.82) is 5.41 Å². The molecular formula is C17H19N5O4. The van der Waals surface area contributed by atoms with Crippen molar-refractivity contribution in [1.82, 2.24) is 15.3 Å². The van der Waals surface area contributed by atoms with E-state index in [1.807, 2.05) is 0 Å². The maximum atomic E-state index is 11.6. The minimum atomic E-state index is -0.389. The van der Waals surface area contributed by atoms with Gasteiger partial charge in [0.25, 0.3) is 5.91 Å². The molecule has 0 aliphatic rings. The lowest BCUT2D eigenvalue weighted by Gasteiger charge is -2.08. The van der Waals surface area contributed by atoms with E-state index in [0.717, 1.165) is 5.56 Å². The number of nitrogens with zero attached hydrogens (tertiary/aromatic N) is 2. The summed E-state index contributed by atoms with van der Waals surface area (Å²) < 4.78 is 9.86. The van der Waals surface area contributed by atoms with Crippen molar-refractivity contribution in [2.45, 2.75) is 6.42 Å². The molecule has 2 aromatic rings. The summed E-state index contributed by atoms with van der Waals surface area (Å²) in [4.78, 5) is 30.9. The molecule has 0 bridgehead atoms. The Balaban J connectivity index is 1.84. The molecule has 0 aliphatic heterocycles. The van der Waals surface area contributed by atoms with Gasteiger partial charge in [-0.25, -0.2) is 9.97 Å². The second kappa shape index (κ2) is 9.11. The number of ether oxygens (including phenoxy) is 2. The van der Waals surface area contributed by atoms with Crippen LogP contribution in [0.4, 0.5) is 0 Å². The molecule has 1 aromatic heterocycles. The Morgan fingerprint density at radius 3 is 2.42 bits per heavy atom. The van der Waals surface area contributed by atoms with Crippen LogP contribution in [0.3, 0.4) is 0 Å². The molecule has 9 nitrogen and oxygen atoms in total. The van der Waals surface area contributed by atoms with Crippen LogP contribution in [0.25, 0.3) is 11.4 Å². The Kier molecular flexibility index (Phi) is 6.60. The predicted octanol–water partition coefficient (Wildman–Crippen LogP) is 0.486. The number of rotatable bonds is 8. The Bertz CT molecular complexity index is 775. The number of hydrogen-bond donors (Lipinski definition) is 3. The molecule has 0 radical (unpaired) electrons. The predicted molar refractivity (Wildman–Crippen MR) is 93.6 cm³/mol. The fourth-order valence-corrected chi connectivity index (χ4v) is 1.92. The van der Waals surface area contributed by atoms with Crippen molar-refractivity contribution in [2.75, 3.05) is 20.3 Å². The van der Waals surface area contributed by atoms with E-state index in [2.05, 4.69) is 20.0 Å². The Hall–Kier alpha value is -3.49. The summed E-state index contributed by atoms with van der Waals surface area (Å²) in [6.07, 6.45) is 3.07. The van der Waals surface area contributed by atoms with E-state index < -0.39 is 0 Å². The van der Waals surface area contributed by atoms with Gasteiger partial charge in [0.15, 0.2) is 12.4 Å². The van der Waals surface area contributed by atoms with Gasteiger partial charge in [0.2, 0.25) is 0 Å². The van der Waals surface area contributed by atoms with Gasteiger partial charge in [-0.15, -0.1) is 0 Å². The van der Waals surface area contributed by atoms with E-state index in [4.69, 9.17) is 15.9 Å². The molecule has 26 heavy (non-hydrogen) atoms. The third kappa shape index (κ3) is 5.55. The topological polar surface area (TPSA) is 140 Å². The molecule has 0 saturated carbocycles. The van der Waals surface area contributed by atoms with E-state index in [-0.39, 0.29) is 37.3 Å². The fraction of sp³-hybridized carbons (Fsp3) is 0.235. The molecular weight excluding hydrogens is 338 g/mol. The van der Waals surface area contributed by atoms with Gasteiger partial charge in [0, 0.05) is 24.5 Å². The summed E-state index contributed by atoms with van der Waals surface area (Å²) in [6.45, 7) is 0.0335. The second-order valence-corrected chi connectivity index (χ2v) is 5.20. The monoisotopic (exact) mass is 357 g/mol. The smallest absolute Gasteiger partial charge is 0.307 e. The van der Waals surface area contributed by atoms with E-state index in [9.17, 15) is 9.59 Å². The number of nitrogen functional groups attached to an aromatic ring is 1. The quantitative estimate of drug-likeness (QED) is 0.355. The number of aromatic nitrogens is 2. The lowest BCUT2D eigenvalue weighted by molar-refractivity contribution is -0.140. The lowest BCUT2D eigenvalue weighted by Crippen LogP contribution is -2.30.